The fourth-order valence-electron chi connectivity index (χ4n) is 3.20. The molecule has 0 radical (unpaired) electrons. The van der Waals surface area contributed by atoms with E-state index in [1.165, 1.54) is 18.6 Å². The molecule has 2 heteroatoms. The molecule has 0 amide bonds. The Balaban J connectivity index is 2.00. The van der Waals surface area contributed by atoms with Gasteiger partial charge in [0.05, 0.1) is 5.70 Å². The summed E-state index contributed by atoms with van der Waals surface area (Å²) in [5, 5.41) is 0. The third-order valence-corrected chi connectivity index (χ3v) is 4.20. The van der Waals surface area contributed by atoms with Gasteiger partial charge in [0.1, 0.15) is 5.78 Å². The minimum absolute atomic E-state index is 0.0306. The van der Waals surface area contributed by atoms with Gasteiger partial charge in [0.25, 0.3) is 0 Å². The lowest BCUT2D eigenvalue weighted by atomic mass is 9.74. The zero-order valence-electron chi connectivity index (χ0n) is 11.3. The van der Waals surface area contributed by atoms with Crippen molar-refractivity contribution in [3.8, 4) is 0 Å². The number of fused-ring (bicyclic) bond motifs is 1. The molecular formula is C17H19NO. The Hall–Kier alpha value is -1.70. The highest BCUT2D eigenvalue weighted by Gasteiger charge is 2.33. The molecule has 0 spiro atoms. The fraction of sp³-hybridized carbons (Fsp3) is 0.412. The Morgan fingerprint density at radius 3 is 2.74 bits per heavy atom. The number of carbonyl (C=O) groups is 1. The van der Waals surface area contributed by atoms with Crippen molar-refractivity contribution in [1.29, 1.82) is 0 Å². The van der Waals surface area contributed by atoms with Crippen LogP contribution in [0.4, 0.5) is 0 Å². The molecule has 1 aliphatic heterocycles. The number of hydrogen-bond donors (Lipinski definition) is 0. The lowest BCUT2D eigenvalue weighted by Gasteiger charge is -2.32. The van der Waals surface area contributed by atoms with E-state index in [1.807, 2.05) is 18.2 Å². The number of ketones is 1. The second-order valence-corrected chi connectivity index (χ2v) is 5.51. The number of nitrogens with zero attached hydrogens (tertiary/aromatic N) is 1. The molecule has 1 aromatic rings. The first-order chi connectivity index (χ1) is 9.25. The Kier molecular flexibility index (Phi) is 3.33. The van der Waals surface area contributed by atoms with Gasteiger partial charge in [-0.1, -0.05) is 36.8 Å². The second-order valence-electron chi connectivity index (χ2n) is 5.51. The quantitative estimate of drug-likeness (QED) is 0.786. The highest BCUT2D eigenvalue weighted by molar-refractivity contribution is 5.99. The van der Waals surface area contributed by atoms with Gasteiger partial charge < -0.3 is 0 Å². The van der Waals surface area contributed by atoms with Gasteiger partial charge in [0.2, 0.25) is 0 Å². The molecule has 1 saturated carbocycles. The van der Waals surface area contributed by atoms with E-state index < -0.39 is 0 Å². The normalized spacial score (nSPS) is 26.2. The van der Waals surface area contributed by atoms with Gasteiger partial charge in [-0.25, -0.2) is 0 Å². The number of allylic oxidation sites excluding steroid dienone is 1. The van der Waals surface area contributed by atoms with Crippen molar-refractivity contribution in [2.45, 2.75) is 32.6 Å². The standard InChI is InChI=1S/C17H19NO/c1-12(19)15-11-17(13-7-3-2-4-8-13)18-16-10-6-5-9-14(15)16/h2-4,7-8,11,14-15H,5-6,9-10H2,1H3. The number of Topliss-reactive ketones (excluding diaryl/α,β-unsaturated/α-hetero) is 1. The van der Waals surface area contributed by atoms with Crippen molar-refractivity contribution < 1.29 is 4.79 Å². The number of hydrogen-bond acceptors (Lipinski definition) is 2. The van der Waals surface area contributed by atoms with E-state index in [4.69, 9.17) is 4.99 Å². The Morgan fingerprint density at radius 2 is 2.00 bits per heavy atom. The van der Waals surface area contributed by atoms with Crippen LogP contribution in [-0.4, -0.2) is 11.5 Å². The molecule has 1 aromatic carbocycles. The number of carbonyl (C=O) groups excluding carboxylic acids is 1. The van der Waals surface area contributed by atoms with Crippen molar-refractivity contribution in [1.82, 2.24) is 0 Å². The predicted octanol–water partition coefficient (Wildman–Crippen LogP) is 3.88. The highest BCUT2D eigenvalue weighted by Crippen LogP contribution is 2.36. The van der Waals surface area contributed by atoms with Crippen LogP contribution in [-0.2, 0) is 4.79 Å². The van der Waals surface area contributed by atoms with Crippen LogP contribution < -0.4 is 0 Å². The molecule has 2 aliphatic rings. The third-order valence-electron chi connectivity index (χ3n) is 4.20. The summed E-state index contributed by atoms with van der Waals surface area (Å²) in [6.45, 7) is 1.71. The molecule has 1 fully saturated rings. The van der Waals surface area contributed by atoms with E-state index in [1.54, 1.807) is 6.92 Å². The van der Waals surface area contributed by atoms with E-state index in [0.717, 1.165) is 24.1 Å². The van der Waals surface area contributed by atoms with Crippen molar-refractivity contribution in [2.75, 3.05) is 0 Å². The van der Waals surface area contributed by atoms with E-state index in [0.29, 0.717) is 5.92 Å². The first-order valence-corrected chi connectivity index (χ1v) is 7.11. The molecule has 1 aliphatic carbocycles. The molecule has 3 rings (SSSR count). The smallest absolute Gasteiger partial charge is 0.137 e. The highest BCUT2D eigenvalue weighted by atomic mass is 16.1. The summed E-state index contributed by atoms with van der Waals surface area (Å²) in [6.07, 6.45) is 6.68. The van der Waals surface area contributed by atoms with E-state index in [-0.39, 0.29) is 11.7 Å². The Labute approximate surface area is 114 Å². The van der Waals surface area contributed by atoms with E-state index >= 15 is 0 Å². The molecule has 0 N–H and O–H groups in total. The van der Waals surface area contributed by atoms with Gasteiger partial charge in [-0.3, -0.25) is 9.79 Å². The van der Waals surface area contributed by atoms with Crippen LogP contribution in [0.2, 0.25) is 0 Å². The minimum Gasteiger partial charge on any atom is -0.299 e. The third kappa shape index (κ3) is 2.40. The van der Waals surface area contributed by atoms with E-state index in [2.05, 4.69) is 18.2 Å². The maximum atomic E-state index is 11.9. The SMILES string of the molecule is CC(=O)C1C=C(c2ccccc2)N=C2CCCCC21. The van der Waals surface area contributed by atoms with Crippen molar-refractivity contribution in [3.63, 3.8) is 0 Å². The maximum Gasteiger partial charge on any atom is 0.137 e. The number of benzene rings is 1. The van der Waals surface area contributed by atoms with E-state index in [9.17, 15) is 4.79 Å². The summed E-state index contributed by atoms with van der Waals surface area (Å²) >= 11 is 0. The van der Waals surface area contributed by atoms with Crippen LogP contribution in [0.25, 0.3) is 5.70 Å². The molecule has 98 valence electrons. The van der Waals surface area contributed by atoms with Crippen LogP contribution >= 0.6 is 0 Å². The monoisotopic (exact) mass is 253 g/mol. The summed E-state index contributed by atoms with van der Waals surface area (Å²) < 4.78 is 0. The summed E-state index contributed by atoms with van der Waals surface area (Å²) in [7, 11) is 0. The van der Waals surface area contributed by atoms with Crippen LogP contribution in [0.5, 0.6) is 0 Å². The second kappa shape index (κ2) is 5.12. The first-order valence-electron chi connectivity index (χ1n) is 7.11. The molecule has 0 aromatic heterocycles. The largest absolute Gasteiger partial charge is 0.299 e. The van der Waals surface area contributed by atoms with Gasteiger partial charge in [-0.15, -0.1) is 0 Å². The van der Waals surface area contributed by atoms with Crippen molar-refractivity contribution in [3.05, 3.63) is 42.0 Å². The Bertz CT molecular complexity index is 542. The van der Waals surface area contributed by atoms with Crippen molar-refractivity contribution >= 4 is 17.2 Å². The summed E-state index contributed by atoms with van der Waals surface area (Å²) in [4.78, 5) is 16.8. The zero-order valence-corrected chi connectivity index (χ0v) is 11.3. The van der Waals surface area contributed by atoms with Crippen molar-refractivity contribution in [2.24, 2.45) is 16.8 Å². The lowest BCUT2D eigenvalue weighted by molar-refractivity contribution is -0.120. The average Bonchev–Trinajstić information content (AvgIpc) is 2.47. The maximum absolute atomic E-state index is 11.9. The number of aliphatic imine (C=N–C) groups is 1. The first kappa shape index (κ1) is 12.3. The molecule has 0 saturated heterocycles. The molecule has 0 bridgehead atoms. The van der Waals surface area contributed by atoms with Gasteiger partial charge in [0.15, 0.2) is 0 Å². The average molecular weight is 253 g/mol. The van der Waals surface area contributed by atoms with Gasteiger partial charge >= 0.3 is 0 Å². The molecule has 19 heavy (non-hydrogen) atoms. The van der Waals surface area contributed by atoms with Crippen LogP contribution in [0.3, 0.4) is 0 Å². The van der Waals surface area contributed by atoms with Gasteiger partial charge in [0, 0.05) is 17.5 Å². The molecule has 2 atom stereocenters. The van der Waals surface area contributed by atoms with Crippen LogP contribution in [0, 0.1) is 11.8 Å². The predicted molar refractivity (Wildman–Crippen MR) is 78.0 cm³/mol. The fourth-order valence-corrected chi connectivity index (χ4v) is 3.20. The lowest BCUT2D eigenvalue weighted by Crippen LogP contribution is -2.32. The molecular weight excluding hydrogens is 234 g/mol. The minimum atomic E-state index is 0.0306. The molecule has 1 heterocycles. The van der Waals surface area contributed by atoms with Crippen LogP contribution in [0.1, 0.15) is 38.2 Å². The summed E-state index contributed by atoms with van der Waals surface area (Å²) in [5.74, 6) is 0.662. The van der Waals surface area contributed by atoms with Crippen LogP contribution in [0.15, 0.2) is 41.4 Å². The molecule has 2 unspecified atom stereocenters. The Morgan fingerprint density at radius 1 is 1.21 bits per heavy atom. The topological polar surface area (TPSA) is 29.4 Å². The van der Waals surface area contributed by atoms with Gasteiger partial charge in [-0.05, 0) is 37.8 Å². The summed E-state index contributed by atoms with van der Waals surface area (Å²) in [5.41, 5.74) is 3.34. The summed E-state index contributed by atoms with van der Waals surface area (Å²) in [6, 6.07) is 10.2. The van der Waals surface area contributed by atoms with Gasteiger partial charge in [-0.2, -0.15) is 0 Å². The zero-order chi connectivity index (χ0) is 13.2. The number of rotatable bonds is 2. The molecule has 2 nitrogen and oxygen atoms in total.